The van der Waals surface area contributed by atoms with Gasteiger partial charge in [-0.2, -0.15) is 0 Å². The molecule has 1 aliphatic carbocycles. The van der Waals surface area contributed by atoms with Crippen molar-refractivity contribution in [3.05, 3.63) is 0 Å². The van der Waals surface area contributed by atoms with Crippen LogP contribution in [0.3, 0.4) is 0 Å². The van der Waals surface area contributed by atoms with E-state index in [9.17, 15) is 18.0 Å². The highest BCUT2D eigenvalue weighted by Crippen LogP contribution is 2.33. The van der Waals surface area contributed by atoms with Crippen LogP contribution in [0.2, 0.25) is 0 Å². The van der Waals surface area contributed by atoms with Crippen molar-refractivity contribution >= 4 is 21.7 Å². The van der Waals surface area contributed by atoms with Crippen LogP contribution in [0.25, 0.3) is 0 Å². The highest BCUT2D eigenvalue weighted by molar-refractivity contribution is 7.91. The molecule has 0 aromatic rings. The molecule has 120 valence electrons. The molecule has 3 unspecified atom stereocenters. The van der Waals surface area contributed by atoms with Crippen LogP contribution in [-0.2, 0) is 19.4 Å². The molecule has 2 aliphatic rings. The molecule has 1 heterocycles. The zero-order valence-electron chi connectivity index (χ0n) is 11.8. The van der Waals surface area contributed by atoms with E-state index < -0.39 is 27.8 Å². The van der Waals surface area contributed by atoms with Gasteiger partial charge >= 0.3 is 5.97 Å². The molecular formula is C13H21NO6S. The zero-order chi connectivity index (χ0) is 15.6. The standard InChI is InChI=1S/C13H21NO6S/c15-5-4-14(11-3-6-21(19,20)8-11)12(16)9-1-2-10(7-9)13(17)18/h9-11,15H,1-8H2,(H,17,18). The number of sulfone groups is 1. The minimum Gasteiger partial charge on any atom is -0.481 e. The van der Waals surface area contributed by atoms with E-state index in [-0.39, 0.29) is 36.5 Å². The lowest BCUT2D eigenvalue weighted by molar-refractivity contribution is -0.142. The second kappa shape index (κ2) is 6.31. The molecule has 8 heteroatoms. The Bertz CT molecular complexity index is 517. The Morgan fingerprint density at radius 1 is 1.14 bits per heavy atom. The number of aliphatic hydroxyl groups is 1. The number of carboxylic acid groups (broad SMARTS) is 1. The normalized spacial score (nSPS) is 31.2. The van der Waals surface area contributed by atoms with Crippen LogP contribution < -0.4 is 0 Å². The van der Waals surface area contributed by atoms with Gasteiger partial charge in [-0.25, -0.2) is 8.42 Å². The van der Waals surface area contributed by atoms with E-state index in [1.54, 1.807) is 0 Å². The second-order valence-electron chi connectivity index (χ2n) is 5.86. The summed E-state index contributed by atoms with van der Waals surface area (Å²) in [5.41, 5.74) is 0. The van der Waals surface area contributed by atoms with E-state index >= 15 is 0 Å². The third kappa shape index (κ3) is 3.74. The summed E-state index contributed by atoms with van der Waals surface area (Å²) in [4.78, 5) is 24.9. The van der Waals surface area contributed by atoms with Crippen molar-refractivity contribution in [2.24, 2.45) is 11.8 Å². The van der Waals surface area contributed by atoms with Gasteiger partial charge in [0.1, 0.15) is 0 Å². The monoisotopic (exact) mass is 319 g/mol. The summed E-state index contributed by atoms with van der Waals surface area (Å²) in [5.74, 6) is -1.97. The van der Waals surface area contributed by atoms with Gasteiger partial charge in [0, 0.05) is 18.5 Å². The summed E-state index contributed by atoms with van der Waals surface area (Å²) in [5, 5.41) is 18.1. The Hall–Kier alpha value is -1.15. The molecule has 1 saturated carbocycles. The number of hydrogen-bond donors (Lipinski definition) is 2. The van der Waals surface area contributed by atoms with Gasteiger partial charge in [0.2, 0.25) is 5.91 Å². The lowest BCUT2D eigenvalue weighted by atomic mass is 10.0. The topological polar surface area (TPSA) is 112 Å². The first-order chi connectivity index (χ1) is 9.84. The minimum atomic E-state index is -3.11. The van der Waals surface area contributed by atoms with Crippen molar-refractivity contribution in [2.75, 3.05) is 24.7 Å². The smallest absolute Gasteiger partial charge is 0.306 e. The Kier molecular flexibility index (Phi) is 4.88. The Balaban J connectivity index is 2.05. The number of nitrogens with zero attached hydrogens (tertiary/aromatic N) is 1. The molecule has 2 N–H and O–H groups in total. The predicted molar refractivity (Wildman–Crippen MR) is 74.3 cm³/mol. The van der Waals surface area contributed by atoms with Crippen molar-refractivity contribution in [1.29, 1.82) is 0 Å². The molecule has 3 atom stereocenters. The number of aliphatic carboxylic acids is 1. The number of rotatable bonds is 5. The van der Waals surface area contributed by atoms with Crippen LogP contribution >= 0.6 is 0 Å². The van der Waals surface area contributed by atoms with Crippen LogP contribution in [0.5, 0.6) is 0 Å². The van der Waals surface area contributed by atoms with Crippen molar-refractivity contribution in [3.63, 3.8) is 0 Å². The number of hydrogen-bond acceptors (Lipinski definition) is 5. The summed E-state index contributed by atoms with van der Waals surface area (Å²) in [6.45, 7) is -0.120. The fourth-order valence-corrected chi connectivity index (χ4v) is 5.00. The Morgan fingerprint density at radius 2 is 1.81 bits per heavy atom. The highest BCUT2D eigenvalue weighted by atomic mass is 32.2. The van der Waals surface area contributed by atoms with E-state index in [4.69, 9.17) is 10.2 Å². The average molecular weight is 319 g/mol. The van der Waals surface area contributed by atoms with Gasteiger partial charge in [-0.05, 0) is 25.7 Å². The number of carboxylic acids is 1. The first kappa shape index (κ1) is 16.2. The molecule has 1 aliphatic heterocycles. The fourth-order valence-electron chi connectivity index (χ4n) is 3.27. The summed E-state index contributed by atoms with van der Waals surface area (Å²) >= 11 is 0. The highest BCUT2D eigenvalue weighted by Gasteiger charge is 2.40. The molecule has 0 bridgehead atoms. The molecule has 7 nitrogen and oxygen atoms in total. The van der Waals surface area contributed by atoms with Gasteiger partial charge < -0.3 is 15.1 Å². The van der Waals surface area contributed by atoms with Gasteiger partial charge in [-0.15, -0.1) is 0 Å². The molecule has 1 amide bonds. The van der Waals surface area contributed by atoms with Gasteiger partial charge in [0.05, 0.1) is 24.0 Å². The van der Waals surface area contributed by atoms with Crippen LogP contribution in [-0.4, -0.2) is 66.1 Å². The van der Waals surface area contributed by atoms with Crippen LogP contribution in [0.15, 0.2) is 0 Å². The van der Waals surface area contributed by atoms with Gasteiger partial charge in [0.25, 0.3) is 0 Å². The Labute approximate surface area is 123 Å². The molecule has 0 aromatic carbocycles. The van der Waals surface area contributed by atoms with Crippen molar-refractivity contribution in [3.8, 4) is 0 Å². The van der Waals surface area contributed by atoms with Crippen molar-refractivity contribution in [1.82, 2.24) is 4.90 Å². The number of carbonyl (C=O) groups is 2. The lowest BCUT2D eigenvalue weighted by Crippen LogP contribution is -2.45. The third-order valence-corrected chi connectivity index (χ3v) is 6.15. The van der Waals surface area contributed by atoms with Gasteiger partial charge in [0.15, 0.2) is 9.84 Å². The average Bonchev–Trinajstić information content (AvgIpc) is 3.01. The third-order valence-electron chi connectivity index (χ3n) is 4.40. The first-order valence-electron chi connectivity index (χ1n) is 7.18. The SMILES string of the molecule is O=C(O)C1CCC(C(=O)N(CCO)C2CCS(=O)(=O)C2)C1. The Morgan fingerprint density at radius 3 is 2.29 bits per heavy atom. The number of carbonyl (C=O) groups excluding carboxylic acids is 1. The van der Waals surface area contributed by atoms with Crippen LogP contribution in [0.1, 0.15) is 25.7 Å². The maximum Gasteiger partial charge on any atom is 0.306 e. The summed E-state index contributed by atoms with van der Waals surface area (Å²) in [6, 6.07) is -0.390. The lowest BCUT2D eigenvalue weighted by Gasteiger charge is -2.30. The second-order valence-corrected chi connectivity index (χ2v) is 8.09. The molecular weight excluding hydrogens is 298 g/mol. The first-order valence-corrected chi connectivity index (χ1v) is 9.01. The quantitative estimate of drug-likeness (QED) is 0.706. The maximum atomic E-state index is 12.5. The molecule has 0 radical (unpaired) electrons. The van der Waals surface area contributed by atoms with Crippen molar-refractivity contribution < 1.29 is 28.2 Å². The van der Waals surface area contributed by atoms with E-state index in [1.807, 2.05) is 0 Å². The van der Waals surface area contributed by atoms with Crippen molar-refractivity contribution in [2.45, 2.75) is 31.7 Å². The van der Waals surface area contributed by atoms with E-state index in [2.05, 4.69) is 0 Å². The zero-order valence-corrected chi connectivity index (χ0v) is 12.6. The molecule has 0 aromatic heterocycles. The van der Waals surface area contributed by atoms with Gasteiger partial charge in [-0.3, -0.25) is 9.59 Å². The summed E-state index contributed by atoms with van der Waals surface area (Å²) in [6.07, 6.45) is 1.68. The van der Waals surface area contributed by atoms with E-state index in [1.165, 1.54) is 4.90 Å². The largest absolute Gasteiger partial charge is 0.481 e. The fraction of sp³-hybridized carbons (Fsp3) is 0.846. The summed E-state index contributed by atoms with van der Waals surface area (Å²) in [7, 11) is -3.11. The predicted octanol–water partition coefficient (Wildman–Crippen LogP) is -0.505. The number of aliphatic hydroxyl groups excluding tert-OH is 1. The summed E-state index contributed by atoms with van der Waals surface area (Å²) < 4.78 is 23.1. The van der Waals surface area contributed by atoms with E-state index in [0.29, 0.717) is 25.7 Å². The van der Waals surface area contributed by atoms with E-state index in [0.717, 1.165) is 0 Å². The molecule has 2 rings (SSSR count). The molecule has 21 heavy (non-hydrogen) atoms. The molecule has 2 fully saturated rings. The minimum absolute atomic E-state index is 0.0617. The molecule has 0 spiro atoms. The maximum absolute atomic E-state index is 12.5. The molecule has 1 saturated heterocycles. The number of amides is 1. The van der Waals surface area contributed by atoms with Crippen LogP contribution in [0.4, 0.5) is 0 Å². The van der Waals surface area contributed by atoms with Crippen LogP contribution in [0, 0.1) is 11.8 Å². The van der Waals surface area contributed by atoms with Gasteiger partial charge in [-0.1, -0.05) is 0 Å².